The minimum Gasteiger partial charge on any atom is -0.488 e. The SMILES string of the molecule is CC(C)(O)COc1cc(C2(CS(=O)(=O)CC/C=C/CN3CCC(=O)NC3=O)CC2)ccc1F. The molecule has 2 aliphatic rings. The summed E-state index contributed by atoms with van der Waals surface area (Å²) in [4.78, 5) is 24.3. The lowest BCUT2D eigenvalue weighted by atomic mass is 9.98. The summed E-state index contributed by atoms with van der Waals surface area (Å²) >= 11 is 0. The zero-order chi connectivity index (χ0) is 24.3. The van der Waals surface area contributed by atoms with Gasteiger partial charge in [0.05, 0.1) is 17.1 Å². The molecule has 1 aliphatic heterocycles. The molecule has 10 heteroatoms. The first-order valence-electron chi connectivity index (χ1n) is 11.0. The van der Waals surface area contributed by atoms with Crippen molar-refractivity contribution in [2.75, 3.05) is 31.2 Å². The van der Waals surface area contributed by atoms with E-state index in [1.807, 2.05) is 0 Å². The second-order valence-electron chi connectivity index (χ2n) is 9.43. The van der Waals surface area contributed by atoms with Crippen molar-refractivity contribution in [2.24, 2.45) is 0 Å². The summed E-state index contributed by atoms with van der Waals surface area (Å²) in [6.45, 7) is 3.68. The molecule has 1 aromatic carbocycles. The zero-order valence-corrected chi connectivity index (χ0v) is 19.8. The van der Waals surface area contributed by atoms with Crippen molar-refractivity contribution in [1.82, 2.24) is 10.2 Å². The number of carbonyl (C=O) groups is 2. The van der Waals surface area contributed by atoms with E-state index in [2.05, 4.69) is 5.32 Å². The number of hydrogen-bond donors (Lipinski definition) is 2. The van der Waals surface area contributed by atoms with E-state index in [0.29, 0.717) is 32.4 Å². The van der Waals surface area contributed by atoms with Crippen LogP contribution in [0.15, 0.2) is 30.4 Å². The first-order valence-corrected chi connectivity index (χ1v) is 12.8. The van der Waals surface area contributed by atoms with Gasteiger partial charge in [-0.15, -0.1) is 0 Å². The molecule has 1 heterocycles. The van der Waals surface area contributed by atoms with E-state index >= 15 is 0 Å². The second kappa shape index (κ2) is 9.80. The van der Waals surface area contributed by atoms with Crippen LogP contribution in [-0.2, 0) is 20.0 Å². The molecule has 2 fully saturated rings. The molecule has 0 radical (unpaired) electrons. The Labute approximate surface area is 193 Å². The highest BCUT2D eigenvalue weighted by molar-refractivity contribution is 7.91. The highest BCUT2D eigenvalue weighted by Gasteiger charge is 2.47. The molecular weight excluding hydrogens is 451 g/mol. The molecule has 182 valence electrons. The monoisotopic (exact) mass is 482 g/mol. The molecule has 0 unspecified atom stereocenters. The zero-order valence-electron chi connectivity index (χ0n) is 19.0. The number of imide groups is 1. The summed E-state index contributed by atoms with van der Waals surface area (Å²) in [6.07, 6.45) is 5.41. The molecule has 0 aromatic heterocycles. The minimum atomic E-state index is -3.37. The number of aliphatic hydroxyl groups is 1. The van der Waals surface area contributed by atoms with Gasteiger partial charge in [-0.2, -0.15) is 0 Å². The van der Waals surface area contributed by atoms with Gasteiger partial charge in [0.1, 0.15) is 6.61 Å². The van der Waals surface area contributed by atoms with E-state index in [4.69, 9.17) is 4.74 Å². The standard InChI is InChI=1S/C23H31FN2O6S/c1-22(2,29)15-32-19-14-17(6-7-18(19)24)23(9-10-23)16-33(30,31)13-5-3-4-11-26-12-8-20(27)25-21(26)28/h3-4,6-7,14,29H,5,8-13,15-16H2,1-2H3,(H,25,27,28)/b4-3+. The van der Waals surface area contributed by atoms with Crippen LogP contribution in [-0.4, -0.2) is 67.2 Å². The number of allylic oxidation sites excluding steroid dienone is 1. The van der Waals surface area contributed by atoms with Gasteiger partial charge in [-0.25, -0.2) is 17.6 Å². The van der Waals surface area contributed by atoms with Gasteiger partial charge in [-0.05, 0) is 50.8 Å². The molecule has 1 aliphatic carbocycles. The van der Waals surface area contributed by atoms with E-state index in [1.165, 1.54) is 17.0 Å². The Morgan fingerprint density at radius 1 is 1.27 bits per heavy atom. The Morgan fingerprint density at radius 3 is 2.64 bits per heavy atom. The smallest absolute Gasteiger partial charge is 0.324 e. The molecule has 0 bridgehead atoms. The van der Waals surface area contributed by atoms with Gasteiger partial charge in [-0.1, -0.05) is 18.2 Å². The molecule has 8 nitrogen and oxygen atoms in total. The van der Waals surface area contributed by atoms with Crippen LogP contribution in [0.3, 0.4) is 0 Å². The Morgan fingerprint density at radius 2 is 2.00 bits per heavy atom. The predicted octanol–water partition coefficient (Wildman–Crippen LogP) is 2.31. The first-order chi connectivity index (χ1) is 15.4. The summed E-state index contributed by atoms with van der Waals surface area (Å²) < 4.78 is 45.0. The van der Waals surface area contributed by atoms with E-state index in [9.17, 15) is 27.5 Å². The fourth-order valence-corrected chi connectivity index (χ4v) is 5.64. The quantitative estimate of drug-likeness (QED) is 0.468. The summed E-state index contributed by atoms with van der Waals surface area (Å²) in [5, 5.41) is 12.1. The van der Waals surface area contributed by atoms with Crippen molar-refractivity contribution in [2.45, 2.75) is 50.5 Å². The van der Waals surface area contributed by atoms with Crippen molar-refractivity contribution in [3.8, 4) is 5.75 Å². The molecule has 0 atom stereocenters. The maximum Gasteiger partial charge on any atom is 0.324 e. The number of sulfone groups is 1. The summed E-state index contributed by atoms with van der Waals surface area (Å²) in [7, 11) is -3.37. The summed E-state index contributed by atoms with van der Waals surface area (Å²) in [5.74, 6) is -0.902. The third kappa shape index (κ3) is 7.26. The number of amides is 3. The Kier molecular flexibility index (Phi) is 7.48. The average Bonchev–Trinajstić information content (AvgIpc) is 3.47. The topological polar surface area (TPSA) is 113 Å². The van der Waals surface area contributed by atoms with Crippen LogP contribution in [0.4, 0.5) is 9.18 Å². The Balaban J connectivity index is 1.54. The molecule has 1 saturated heterocycles. The van der Waals surface area contributed by atoms with Gasteiger partial charge in [0.15, 0.2) is 21.4 Å². The molecule has 3 amide bonds. The molecule has 3 rings (SSSR count). The number of carbonyl (C=O) groups excluding carboxylic acids is 2. The number of benzene rings is 1. The van der Waals surface area contributed by atoms with Crippen LogP contribution in [0.2, 0.25) is 0 Å². The van der Waals surface area contributed by atoms with Crippen LogP contribution < -0.4 is 10.1 Å². The number of nitrogens with zero attached hydrogens (tertiary/aromatic N) is 1. The Hall–Kier alpha value is -2.46. The number of rotatable bonds is 11. The minimum absolute atomic E-state index is 0.00433. The van der Waals surface area contributed by atoms with Crippen molar-refractivity contribution in [3.05, 3.63) is 41.7 Å². The Bertz CT molecular complexity index is 1030. The number of nitrogens with one attached hydrogen (secondary N) is 1. The fraction of sp³-hybridized carbons (Fsp3) is 0.565. The fourth-order valence-electron chi connectivity index (χ4n) is 3.70. The van der Waals surface area contributed by atoms with E-state index in [1.54, 1.807) is 32.1 Å². The second-order valence-corrected chi connectivity index (χ2v) is 11.6. The highest BCUT2D eigenvalue weighted by Crippen LogP contribution is 2.50. The van der Waals surface area contributed by atoms with E-state index in [0.717, 1.165) is 5.56 Å². The number of urea groups is 1. The van der Waals surface area contributed by atoms with Crippen LogP contribution in [0.1, 0.15) is 45.1 Å². The van der Waals surface area contributed by atoms with E-state index in [-0.39, 0.29) is 36.2 Å². The van der Waals surface area contributed by atoms with Crippen LogP contribution in [0.25, 0.3) is 0 Å². The van der Waals surface area contributed by atoms with E-state index < -0.39 is 32.7 Å². The normalized spacial score (nSPS) is 18.5. The largest absolute Gasteiger partial charge is 0.488 e. The van der Waals surface area contributed by atoms with Crippen LogP contribution in [0, 0.1) is 5.82 Å². The van der Waals surface area contributed by atoms with Gasteiger partial charge < -0.3 is 14.7 Å². The highest BCUT2D eigenvalue weighted by atomic mass is 32.2. The number of halogens is 1. The van der Waals surface area contributed by atoms with Gasteiger partial charge in [0.25, 0.3) is 0 Å². The van der Waals surface area contributed by atoms with Gasteiger partial charge in [-0.3, -0.25) is 10.1 Å². The molecule has 1 saturated carbocycles. The maximum absolute atomic E-state index is 14.1. The van der Waals surface area contributed by atoms with Crippen LogP contribution >= 0.6 is 0 Å². The lowest BCUT2D eigenvalue weighted by molar-refractivity contribution is -0.121. The van der Waals surface area contributed by atoms with Crippen molar-refractivity contribution in [1.29, 1.82) is 0 Å². The van der Waals surface area contributed by atoms with Gasteiger partial charge >= 0.3 is 6.03 Å². The predicted molar refractivity (Wildman–Crippen MR) is 121 cm³/mol. The van der Waals surface area contributed by atoms with Crippen LogP contribution in [0.5, 0.6) is 5.75 Å². The van der Waals surface area contributed by atoms with Crippen molar-refractivity contribution < 1.29 is 32.2 Å². The lowest BCUT2D eigenvalue weighted by Gasteiger charge is -2.25. The van der Waals surface area contributed by atoms with Gasteiger partial charge in [0, 0.05) is 24.9 Å². The molecule has 33 heavy (non-hydrogen) atoms. The van der Waals surface area contributed by atoms with Crippen molar-refractivity contribution in [3.63, 3.8) is 0 Å². The summed E-state index contributed by atoms with van der Waals surface area (Å²) in [5.41, 5.74) is -0.938. The lowest BCUT2D eigenvalue weighted by Crippen LogP contribution is -2.49. The average molecular weight is 483 g/mol. The molecule has 0 spiro atoms. The number of hydrogen-bond acceptors (Lipinski definition) is 6. The molecular formula is C23H31FN2O6S. The first kappa shape index (κ1) is 25.2. The van der Waals surface area contributed by atoms with Gasteiger partial charge in [0.2, 0.25) is 5.91 Å². The summed E-state index contributed by atoms with van der Waals surface area (Å²) in [6, 6.07) is 3.97. The number of ether oxygens (including phenoxy) is 1. The maximum atomic E-state index is 14.1. The molecule has 1 aromatic rings. The van der Waals surface area contributed by atoms with Crippen molar-refractivity contribution >= 4 is 21.8 Å². The third-order valence-corrected chi connectivity index (χ3v) is 7.55. The molecule has 2 N–H and O–H groups in total. The third-order valence-electron chi connectivity index (χ3n) is 5.70.